The van der Waals surface area contributed by atoms with Gasteiger partial charge in [0.05, 0.1) is 6.61 Å². The summed E-state index contributed by atoms with van der Waals surface area (Å²) in [5, 5.41) is 13.1. The highest BCUT2D eigenvalue weighted by Gasteiger charge is 2.25. The second-order valence-corrected chi connectivity index (χ2v) is 10.7. The van der Waals surface area contributed by atoms with Crippen molar-refractivity contribution >= 4 is 17.5 Å². The number of ether oxygens (including phenoxy) is 1. The van der Waals surface area contributed by atoms with E-state index < -0.39 is 0 Å². The van der Waals surface area contributed by atoms with Crippen molar-refractivity contribution in [2.45, 2.75) is 64.7 Å². The molecule has 2 heterocycles. The number of benzene rings is 1. The number of aliphatic hydroxyl groups excluding tert-OH is 1. The summed E-state index contributed by atoms with van der Waals surface area (Å²) in [5.41, 5.74) is 2.51. The Hall–Kier alpha value is -2.87. The van der Waals surface area contributed by atoms with Crippen molar-refractivity contribution in [2.75, 3.05) is 44.8 Å². The van der Waals surface area contributed by atoms with E-state index >= 15 is 0 Å². The SMILES string of the molecule is CC(C)c1noc(N2CCCC(COc3ccc(C4=CCC(C(=O)N(C)CCCO)CC4)cc3)CC2)n1.[HH]. The maximum atomic E-state index is 12.6. The van der Waals surface area contributed by atoms with E-state index in [1.165, 1.54) is 11.1 Å². The van der Waals surface area contributed by atoms with Crippen LogP contribution in [-0.2, 0) is 4.79 Å². The molecule has 2 aliphatic rings. The molecule has 0 radical (unpaired) electrons. The van der Waals surface area contributed by atoms with E-state index in [2.05, 4.69) is 59.2 Å². The van der Waals surface area contributed by atoms with Gasteiger partial charge in [0, 0.05) is 46.6 Å². The zero-order valence-corrected chi connectivity index (χ0v) is 22.6. The Morgan fingerprint density at radius 2 is 2.05 bits per heavy atom. The van der Waals surface area contributed by atoms with Crippen molar-refractivity contribution < 1.29 is 20.6 Å². The van der Waals surface area contributed by atoms with Crippen molar-refractivity contribution in [3.8, 4) is 5.75 Å². The van der Waals surface area contributed by atoms with Crippen LogP contribution in [0.5, 0.6) is 5.75 Å². The van der Waals surface area contributed by atoms with Gasteiger partial charge in [-0.15, -0.1) is 0 Å². The zero-order chi connectivity index (χ0) is 26.2. The Morgan fingerprint density at radius 1 is 1.24 bits per heavy atom. The Morgan fingerprint density at radius 3 is 2.73 bits per heavy atom. The van der Waals surface area contributed by atoms with Gasteiger partial charge in [-0.25, -0.2) is 0 Å². The van der Waals surface area contributed by atoms with Crippen LogP contribution in [0.25, 0.3) is 5.57 Å². The fraction of sp³-hybridized carbons (Fsp3) is 0.621. The molecule has 1 fully saturated rings. The number of anilines is 1. The summed E-state index contributed by atoms with van der Waals surface area (Å²) >= 11 is 0. The molecule has 1 aromatic heterocycles. The molecule has 0 saturated carbocycles. The van der Waals surface area contributed by atoms with Gasteiger partial charge in [0.25, 0.3) is 0 Å². The fourth-order valence-corrected chi connectivity index (χ4v) is 5.14. The van der Waals surface area contributed by atoms with Gasteiger partial charge in [-0.2, -0.15) is 4.98 Å². The molecule has 1 aromatic carbocycles. The van der Waals surface area contributed by atoms with E-state index in [1.807, 2.05) is 7.05 Å². The predicted molar refractivity (Wildman–Crippen MR) is 147 cm³/mol. The highest BCUT2D eigenvalue weighted by molar-refractivity contribution is 5.80. The number of carbonyl (C=O) groups is 1. The van der Waals surface area contributed by atoms with Crippen LogP contribution >= 0.6 is 0 Å². The molecular weight excluding hydrogens is 468 g/mol. The average Bonchev–Trinajstić information content (AvgIpc) is 3.31. The Kier molecular flexibility index (Phi) is 9.61. The summed E-state index contributed by atoms with van der Waals surface area (Å²) in [6, 6.07) is 9.03. The molecule has 2 aromatic rings. The van der Waals surface area contributed by atoms with Gasteiger partial charge < -0.3 is 24.2 Å². The summed E-state index contributed by atoms with van der Waals surface area (Å²) in [7, 11) is 1.83. The fourth-order valence-electron chi connectivity index (χ4n) is 5.14. The van der Waals surface area contributed by atoms with E-state index in [9.17, 15) is 4.79 Å². The lowest BCUT2D eigenvalue weighted by molar-refractivity contribution is -0.134. The number of carbonyl (C=O) groups excluding carboxylic acids is 1. The summed E-state index contributed by atoms with van der Waals surface area (Å²) < 4.78 is 11.7. The number of hydrogen-bond acceptors (Lipinski definition) is 7. The number of allylic oxidation sites excluding steroid dienone is 2. The number of aromatic nitrogens is 2. The molecule has 1 aliphatic carbocycles. The van der Waals surface area contributed by atoms with Crippen LogP contribution in [0, 0.1) is 11.8 Å². The third-order valence-corrected chi connectivity index (χ3v) is 7.56. The normalized spacial score (nSPS) is 20.5. The van der Waals surface area contributed by atoms with Crippen molar-refractivity contribution in [3.63, 3.8) is 0 Å². The van der Waals surface area contributed by atoms with Crippen molar-refractivity contribution in [1.82, 2.24) is 15.0 Å². The molecule has 2 atom stereocenters. The maximum Gasteiger partial charge on any atom is 0.324 e. The van der Waals surface area contributed by atoms with E-state index in [4.69, 9.17) is 14.4 Å². The smallest absolute Gasteiger partial charge is 0.324 e. The minimum atomic E-state index is 0. The third kappa shape index (κ3) is 7.34. The third-order valence-electron chi connectivity index (χ3n) is 7.56. The van der Waals surface area contributed by atoms with Crippen LogP contribution in [0.15, 0.2) is 34.9 Å². The minimum Gasteiger partial charge on any atom is -0.493 e. The van der Waals surface area contributed by atoms with Gasteiger partial charge in [-0.05, 0) is 74.1 Å². The average molecular weight is 513 g/mol. The van der Waals surface area contributed by atoms with Crippen molar-refractivity contribution in [2.24, 2.45) is 11.8 Å². The van der Waals surface area contributed by atoms with Gasteiger partial charge in [-0.1, -0.05) is 37.2 Å². The Balaban J connectivity index is 0.00000400. The van der Waals surface area contributed by atoms with E-state index in [1.54, 1.807) is 4.90 Å². The number of hydrogen-bond donors (Lipinski definition) is 1. The number of amides is 1. The molecule has 8 heteroatoms. The van der Waals surface area contributed by atoms with E-state index in [-0.39, 0.29) is 25.8 Å². The highest BCUT2D eigenvalue weighted by Crippen LogP contribution is 2.32. The zero-order valence-electron chi connectivity index (χ0n) is 22.6. The van der Waals surface area contributed by atoms with Crippen LogP contribution in [0.3, 0.4) is 0 Å². The first-order valence-corrected chi connectivity index (χ1v) is 13.8. The molecule has 0 bridgehead atoms. The Labute approximate surface area is 222 Å². The second kappa shape index (κ2) is 13.1. The molecule has 1 N–H and O–H groups in total. The lowest BCUT2D eigenvalue weighted by Crippen LogP contribution is -2.34. The van der Waals surface area contributed by atoms with E-state index in [0.717, 1.165) is 63.2 Å². The molecule has 4 rings (SSSR count). The van der Waals surface area contributed by atoms with E-state index in [0.29, 0.717) is 31.5 Å². The summed E-state index contributed by atoms with van der Waals surface area (Å²) in [6.07, 6.45) is 8.64. The molecular formula is C29H44N4O4. The lowest BCUT2D eigenvalue weighted by Gasteiger charge is -2.26. The molecule has 1 amide bonds. The highest BCUT2D eigenvalue weighted by atomic mass is 16.5. The first-order chi connectivity index (χ1) is 17.9. The lowest BCUT2D eigenvalue weighted by atomic mass is 9.86. The minimum absolute atomic E-state index is 0. The molecule has 1 saturated heterocycles. The number of aliphatic hydroxyl groups is 1. The maximum absolute atomic E-state index is 12.6. The Bertz CT molecular complexity index is 1040. The second-order valence-electron chi connectivity index (χ2n) is 10.7. The molecule has 204 valence electrons. The molecule has 37 heavy (non-hydrogen) atoms. The summed E-state index contributed by atoms with van der Waals surface area (Å²) in [5.74, 6) is 2.67. The monoisotopic (exact) mass is 512 g/mol. The number of nitrogens with zero attached hydrogens (tertiary/aromatic N) is 4. The van der Waals surface area contributed by atoms with Gasteiger partial charge in [0.1, 0.15) is 5.75 Å². The van der Waals surface area contributed by atoms with Crippen LogP contribution in [0.4, 0.5) is 6.01 Å². The first-order valence-electron chi connectivity index (χ1n) is 13.8. The van der Waals surface area contributed by atoms with Gasteiger partial charge in [0.2, 0.25) is 5.91 Å². The topological polar surface area (TPSA) is 91.9 Å². The van der Waals surface area contributed by atoms with Crippen molar-refractivity contribution in [3.05, 3.63) is 41.7 Å². The molecule has 1 aliphatic heterocycles. The molecule has 0 spiro atoms. The largest absolute Gasteiger partial charge is 0.493 e. The predicted octanol–water partition coefficient (Wildman–Crippen LogP) is 5.15. The first kappa shape index (κ1) is 27.2. The van der Waals surface area contributed by atoms with Gasteiger partial charge in [0.15, 0.2) is 5.82 Å². The van der Waals surface area contributed by atoms with Crippen molar-refractivity contribution in [1.29, 1.82) is 0 Å². The molecule has 8 nitrogen and oxygen atoms in total. The van der Waals surface area contributed by atoms with Gasteiger partial charge >= 0.3 is 6.01 Å². The summed E-state index contributed by atoms with van der Waals surface area (Å²) in [4.78, 5) is 21.1. The summed E-state index contributed by atoms with van der Waals surface area (Å²) in [6.45, 7) is 7.43. The molecule has 2 unspecified atom stereocenters. The van der Waals surface area contributed by atoms with Gasteiger partial charge in [-0.3, -0.25) is 4.79 Å². The number of rotatable bonds is 10. The van der Waals surface area contributed by atoms with Crippen LogP contribution in [-0.4, -0.2) is 65.9 Å². The van der Waals surface area contributed by atoms with Crippen LogP contribution in [0.1, 0.15) is 77.5 Å². The quantitative estimate of drug-likeness (QED) is 0.471. The van der Waals surface area contributed by atoms with Crippen LogP contribution in [0.2, 0.25) is 0 Å². The standard InChI is InChI=1S/C29H42N4O4.H2/c1-21(2)27-30-29(37-31-27)33-17-4-6-22(15-18-33)20-36-26-13-11-24(12-14-26)23-7-9-25(10-8-23)28(35)32(3)16-5-19-34;/h7,11-14,21-22,25,34H,4-6,8-10,15-20H2,1-3H3;1H. The van der Waals surface area contributed by atoms with Crippen LogP contribution < -0.4 is 9.64 Å².